The van der Waals surface area contributed by atoms with Crippen molar-refractivity contribution in [2.75, 3.05) is 0 Å². The van der Waals surface area contributed by atoms with Crippen LogP contribution in [0.2, 0.25) is 0 Å². The van der Waals surface area contributed by atoms with Crippen LogP contribution in [0.15, 0.2) is 36.7 Å². The monoisotopic (exact) mass is 172 g/mol. The summed E-state index contributed by atoms with van der Waals surface area (Å²) in [5, 5.41) is 0. The maximum Gasteiger partial charge on any atom is 0.118 e. The van der Waals surface area contributed by atoms with Gasteiger partial charge in [-0.25, -0.2) is 4.39 Å². The molecule has 0 aromatic rings. The van der Waals surface area contributed by atoms with E-state index in [4.69, 9.17) is 0 Å². The summed E-state index contributed by atoms with van der Waals surface area (Å²) in [5.41, 5.74) is 1.17. The predicted octanol–water partition coefficient (Wildman–Crippen LogP) is 4.65. The molecule has 0 aliphatic heterocycles. The Labute approximate surface area is 76.5 Å². The predicted molar refractivity (Wildman–Crippen MR) is 56.9 cm³/mol. The van der Waals surface area contributed by atoms with E-state index in [1.165, 1.54) is 17.7 Å². The van der Waals surface area contributed by atoms with Gasteiger partial charge >= 0.3 is 0 Å². The Morgan fingerprint density at radius 3 is 1.50 bits per heavy atom. The van der Waals surface area contributed by atoms with Crippen LogP contribution in [0.1, 0.15) is 34.6 Å². The summed E-state index contributed by atoms with van der Waals surface area (Å²) >= 11 is 0. The lowest BCUT2D eigenvalue weighted by Gasteiger charge is -1.72. The number of hydrogen-bond donors (Lipinski definition) is 0. The molecule has 0 atom stereocenters. The zero-order valence-electron chi connectivity index (χ0n) is 8.95. The molecule has 0 N–H and O–H groups in total. The molecule has 0 aromatic carbocycles. The summed E-state index contributed by atoms with van der Waals surface area (Å²) in [7, 11) is 0. The fourth-order valence-corrected chi connectivity index (χ4v) is 0.118. The number of hydrogen-bond acceptors (Lipinski definition) is 0. The average molecular weight is 172 g/mol. The quantitative estimate of drug-likeness (QED) is 0.399. The van der Waals surface area contributed by atoms with Crippen molar-refractivity contribution in [3.8, 4) is 0 Å². The van der Waals surface area contributed by atoms with Gasteiger partial charge in [0.2, 0.25) is 0 Å². The Balaban J connectivity index is -0.000000118. The second-order valence-corrected chi connectivity index (χ2v) is 2.08. The van der Waals surface area contributed by atoms with Gasteiger partial charge in [0.05, 0.1) is 0 Å². The lowest BCUT2D eigenvalue weighted by Crippen LogP contribution is -1.53. The summed E-state index contributed by atoms with van der Waals surface area (Å²) in [4.78, 5) is 0. The third-order valence-corrected chi connectivity index (χ3v) is 0.471. The molecule has 0 unspecified atom stereocenters. The molecule has 0 bridgehead atoms. The lowest BCUT2D eigenvalue weighted by molar-refractivity contribution is 0.665. The molecule has 0 fully saturated rings. The SMILES string of the molecule is C=C(C)C.C=C/C(F)=C\C.CC. The second kappa shape index (κ2) is 16.6. The summed E-state index contributed by atoms with van der Waals surface area (Å²) in [6, 6.07) is 0. The number of rotatable bonds is 1. The van der Waals surface area contributed by atoms with E-state index in [0.717, 1.165) is 0 Å². The van der Waals surface area contributed by atoms with Gasteiger partial charge in [-0.05, 0) is 26.8 Å². The molecule has 0 aromatic heterocycles. The van der Waals surface area contributed by atoms with E-state index in [2.05, 4.69) is 13.2 Å². The second-order valence-electron chi connectivity index (χ2n) is 2.08. The minimum Gasteiger partial charge on any atom is -0.207 e. The molecule has 0 rings (SSSR count). The molecule has 72 valence electrons. The Kier molecular flexibility index (Phi) is 24.0. The first-order valence-corrected chi connectivity index (χ1v) is 4.11. The van der Waals surface area contributed by atoms with Crippen molar-refractivity contribution in [2.45, 2.75) is 34.6 Å². The maximum absolute atomic E-state index is 11.6. The van der Waals surface area contributed by atoms with Gasteiger partial charge < -0.3 is 0 Å². The lowest BCUT2D eigenvalue weighted by atomic mass is 10.4. The largest absolute Gasteiger partial charge is 0.207 e. The third kappa shape index (κ3) is 61.3. The van der Waals surface area contributed by atoms with Crippen LogP contribution in [0.4, 0.5) is 4.39 Å². The van der Waals surface area contributed by atoms with Crippen LogP contribution in [0.25, 0.3) is 0 Å². The standard InChI is InChI=1S/C5H7F.C4H8.C2H6/c1-3-5(6)4-2;1-4(2)3;1-2/h3-4H,1H2,2H3;1H2,2-3H3;1-2H3/b5-4+;;. The zero-order valence-corrected chi connectivity index (χ0v) is 8.95. The molecule has 0 spiro atoms. The van der Waals surface area contributed by atoms with Crippen LogP contribution in [0, 0.1) is 0 Å². The average Bonchev–Trinajstić information content (AvgIpc) is 2.06. The minimum absolute atomic E-state index is 0.269. The molecule has 0 saturated heterocycles. The highest BCUT2D eigenvalue weighted by molar-refractivity contribution is 5.04. The number of allylic oxidation sites excluding steroid dienone is 4. The Morgan fingerprint density at radius 1 is 1.25 bits per heavy atom. The molecule has 0 aliphatic carbocycles. The van der Waals surface area contributed by atoms with E-state index in [9.17, 15) is 4.39 Å². The first-order chi connectivity index (χ1) is 5.54. The molecule has 12 heavy (non-hydrogen) atoms. The fourth-order valence-electron chi connectivity index (χ4n) is 0.118. The smallest absolute Gasteiger partial charge is 0.118 e. The van der Waals surface area contributed by atoms with Crippen LogP contribution in [-0.2, 0) is 0 Å². The van der Waals surface area contributed by atoms with Gasteiger partial charge in [-0.15, -0.1) is 6.58 Å². The van der Waals surface area contributed by atoms with Gasteiger partial charge in [-0.2, -0.15) is 0 Å². The molecule has 0 heterocycles. The Bertz CT molecular complexity index is 128. The van der Waals surface area contributed by atoms with E-state index in [1.807, 2.05) is 27.7 Å². The van der Waals surface area contributed by atoms with Crippen molar-refractivity contribution in [3.05, 3.63) is 36.7 Å². The summed E-state index contributed by atoms with van der Waals surface area (Å²) in [6.07, 6.45) is 2.52. The van der Waals surface area contributed by atoms with Crippen molar-refractivity contribution < 1.29 is 4.39 Å². The minimum atomic E-state index is -0.269. The van der Waals surface area contributed by atoms with Gasteiger partial charge in [0.15, 0.2) is 0 Å². The van der Waals surface area contributed by atoms with E-state index in [-0.39, 0.29) is 5.83 Å². The molecule has 0 amide bonds. The van der Waals surface area contributed by atoms with Crippen molar-refractivity contribution in [1.82, 2.24) is 0 Å². The van der Waals surface area contributed by atoms with Crippen LogP contribution in [-0.4, -0.2) is 0 Å². The first-order valence-electron chi connectivity index (χ1n) is 4.11. The zero-order chi connectivity index (χ0) is 10.6. The molecule has 1 heteroatoms. The Hall–Kier alpha value is -0.850. The van der Waals surface area contributed by atoms with Crippen LogP contribution < -0.4 is 0 Å². The molecule has 0 saturated carbocycles. The van der Waals surface area contributed by atoms with Crippen molar-refractivity contribution >= 4 is 0 Å². The molecule has 0 nitrogen and oxygen atoms in total. The topological polar surface area (TPSA) is 0 Å². The van der Waals surface area contributed by atoms with Crippen molar-refractivity contribution in [1.29, 1.82) is 0 Å². The molecular formula is C11H21F. The maximum atomic E-state index is 11.6. The van der Waals surface area contributed by atoms with Gasteiger partial charge in [0, 0.05) is 0 Å². The van der Waals surface area contributed by atoms with Gasteiger partial charge in [-0.3, -0.25) is 0 Å². The normalized spacial score (nSPS) is 8.33. The summed E-state index contributed by atoms with van der Waals surface area (Å²) in [6.45, 7) is 16.3. The van der Waals surface area contributed by atoms with E-state index in [0.29, 0.717) is 0 Å². The van der Waals surface area contributed by atoms with E-state index in [1.54, 1.807) is 6.92 Å². The molecule has 0 aliphatic rings. The highest BCUT2D eigenvalue weighted by Crippen LogP contribution is 1.92. The van der Waals surface area contributed by atoms with Crippen LogP contribution >= 0.6 is 0 Å². The third-order valence-electron chi connectivity index (χ3n) is 0.471. The number of halogens is 1. The van der Waals surface area contributed by atoms with E-state index >= 15 is 0 Å². The van der Waals surface area contributed by atoms with Gasteiger partial charge in [0.1, 0.15) is 5.83 Å². The van der Waals surface area contributed by atoms with Gasteiger partial charge in [0.25, 0.3) is 0 Å². The van der Waals surface area contributed by atoms with Gasteiger partial charge in [-0.1, -0.05) is 32.1 Å². The fraction of sp³-hybridized carbons (Fsp3) is 0.455. The van der Waals surface area contributed by atoms with Crippen LogP contribution in [0.5, 0.6) is 0 Å². The summed E-state index contributed by atoms with van der Waals surface area (Å²) in [5.74, 6) is -0.269. The molecule has 0 radical (unpaired) electrons. The van der Waals surface area contributed by atoms with Crippen molar-refractivity contribution in [2.24, 2.45) is 0 Å². The van der Waals surface area contributed by atoms with Crippen molar-refractivity contribution in [3.63, 3.8) is 0 Å². The highest BCUT2D eigenvalue weighted by Gasteiger charge is 1.73. The Morgan fingerprint density at radius 2 is 1.50 bits per heavy atom. The highest BCUT2D eigenvalue weighted by atomic mass is 19.1. The first kappa shape index (κ1) is 17.3. The molecular weight excluding hydrogens is 151 g/mol. The van der Waals surface area contributed by atoms with Crippen LogP contribution in [0.3, 0.4) is 0 Å². The van der Waals surface area contributed by atoms with E-state index < -0.39 is 0 Å². The summed E-state index contributed by atoms with van der Waals surface area (Å²) < 4.78 is 11.6.